The predicted molar refractivity (Wildman–Crippen MR) is 64.4 cm³/mol. The maximum absolute atomic E-state index is 11.9. The smallest absolute Gasteiger partial charge is 0.449 e. The third-order valence-electron chi connectivity index (χ3n) is 2.60. The van der Waals surface area contributed by atoms with Gasteiger partial charge in [0.05, 0.1) is 5.57 Å². The molecular formula is C10H8N4O4S. The van der Waals surface area contributed by atoms with Gasteiger partial charge >= 0.3 is 6.16 Å². The van der Waals surface area contributed by atoms with E-state index < -0.39 is 6.16 Å². The topological polar surface area (TPSA) is 97.6 Å². The molecule has 2 aliphatic rings. The van der Waals surface area contributed by atoms with E-state index in [1.165, 1.54) is 33.1 Å². The van der Waals surface area contributed by atoms with Crippen LogP contribution in [-0.2, 0) is 16.6 Å². The van der Waals surface area contributed by atoms with Crippen molar-refractivity contribution in [2.45, 2.75) is 5.37 Å². The van der Waals surface area contributed by atoms with Crippen LogP contribution < -0.4 is 0 Å². The van der Waals surface area contributed by atoms with Crippen molar-refractivity contribution < 1.29 is 19.4 Å². The number of fused-ring (bicyclic) bond motifs is 1. The highest BCUT2D eigenvalue weighted by Crippen LogP contribution is 2.45. The van der Waals surface area contributed by atoms with Gasteiger partial charge in [0.1, 0.15) is 11.7 Å². The van der Waals surface area contributed by atoms with E-state index in [0.29, 0.717) is 11.4 Å². The Morgan fingerprint density at radius 1 is 1.63 bits per heavy atom. The van der Waals surface area contributed by atoms with Crippen LogP contribution >= 0.6 is 11.8 Å². The Hall–Kier alpha value is -2.29. The number of amides is 1. The van der Waals surface area contributed by atoms with E-state index in [1.54, 1.807) is 13.1 Å². The highest BCUT2D eigenvalue weighted by atomic mass is 32.2. The van der Waals surface area contributed by atoms with Gasteiger partial charge in [0.2, 0.25) is 5.88 Å². The molecule has 1 atom stereocenters. The van der Waals surface area contributed by atoms with E-state index in [9.17, 15) is 9.59 Å². The molecule has 98 valence electrons. The monoisotopic (exact) mass is 280 g/mol. The van der Waals surface area contributed by atoms with Crippen LogP contribution in [0.4, 0.5) is 4.79 Å². The van der Waals surface area contributed by atoms with Crippen molar-refractivity contribution in [3.05, 3.63) is 29.0 Å². The first-order valence-electron chi connectivity index (χ1n) is 5.23. The van der Waals surface area contributed by atoms with Crippen LogP contribution in [0.1, 0.15) is 5.82 Å². The molecule has 1 N–H and O–H groups in total. The maximum atomic E-state index is 11.9. The molecule has 0 unspecified atom stereocenters. The van der Waals surface area contributed by atoms with E-state index in [0.717, 1.165) is 0 Å². The van der Waals surface area contributed by atoms with Gasteiger partial charge in [-0.2, -0.15) is 5.10 Å². The van der Waals surface area contributed by atoms with Crippen LogP contribution in [0.15, 0.2) is 23.2 Å². The molecule has 3 rings (SSSR count). The number of nitrogens with zero attached hydrogens (tertiary/aromatic N) is 4. The van der Waals surface area contributed by atoms with Crippen LogP contribution in [0.2, 0.25) is 0 Å². The molecule has 1 aromatic rings. The molecule has 0 aliphatic carbocycles. The van der Waals surface area contributed by atoms with Crippen molar-refractivity contribution in [2.24, 2.45) is 7.05 Å². The molecule has 1 saturated heterocycles. The number of β-lactam (4-membered cyclic amide) rings is 1. The zero-order valence-electron chi connectivity index (χ0n) is 9.68. The summed E-state index contributed by atoms with van der Waals surface area (Å²) in [7, 11) is 1.73. The van der Waals surface area contributed by atoms with E-state index in [4.69, 9.17) is 5.11 Å². The Bertz CT molecular complexity index is 635. The largest absolute Gasteiger partial charge is 0.512 e. The van der Waals surface area contributed by atoms with Crippen molar-refractivity contribution in [1.82, 2.24) is 19.7 Å². The lowest BCUT2D eigenvalue weighted by molar-refractivity contribution is -0.133. The molecule has 0 aromatic carbocycles. The summed E-state index contributed by atoms with van der Waals surface area (Å²) >= 11 is 1.30. The molecule has 9 heteroatoms. The normalized spacial score (nSPS) is 23.1. The van der Waals surface area contributed by atoms with Gasteiger partial charge in [-0.25, -0.2) is 9.78 Å². The third kappa shape index (κ3) is 1.87. The molecule has 0 spiro atoms. The van der Waals surface area contributed by atoms with E-state index in [-0.39, 0.29) is 17.2 Å². The molecule has 2 aliphatic heterocycles. The zero-order chi connectivity index (χ0) is 13.6. The van der Waals surface area contributed by atoms with Crippen molar-refractivity contribution in [1.29, 1.82) is 0 Å². The number of carbonyl (C=O) groups is 2. The number of aromatic nitrogens is 3. The van der Waals surface area contributed by atoms with Crippen LogP contribution in [0.3, 0.4) is 0 Å². The molecule has 0 radical (unpaired) electrons. The number of carboxylic acid groups (broad SMARTS) is 1. The van der Waals surface area contributed by atoms with Gasteiger partial charge in [-0.1, -0.05) is 11.8 Å². The minimum absolute atomic E-state index is 0.0404. The van der Waals surface area contributed by atoms with Crippen LogP contribution in [0.25, 0.3) is 6.08 Å². The van der Waals surface area contributed by atoms with Gasteiger partial charge in [0.15, 0.2) is 5.82 Å². The summed E-state index contributed by atoms with van der Waals surface area (Å²) in [5.74, 6) is 0.187. The van der Waals surface area contributed by atoms with Gasteiger partial charge in [0.25, 0.3) is 5.91 Å². The standard InChI is InChI=1S/C10H8N4O4S/c1-13-4-11-6(12-13)2-5-8(15)14-7(18-10(16)17)3-19-9(5)14/h2-4,9H,1H3,(H,16,17)/b5-2-/t9-/m0/s1. The fourth-order valence-electron chi connectivity index (χ4n) is 1.81. The fraction of sp³-hybridized carbons (Fsp3) is 0.200. The molecule has 1 aromatic heterocycles. The average Bonchev–Trinajstić information content (AvgIpc) is 2.90. The van der Waals surface area contributed by atoms with Crippen molar-refractivity contribution in [2.75, 3.05) is 0 Å². The molecule has 0 bridgehead atoms. The Labute approximate surface area is 111 Å². The van der Waals surface area contributed by atoms with Gasteiger partial charge in [0, 0.05) is 12.5 Å². The molecular weight excluding hydrogens is 272 g/mol. The van der Waals surface area contributed by atoms with Crippen molar-refractivity contribution in [3.8, 4) is 0 Å². The summed E-state index contributed by atoms with van der Waals surface area (Å²) in [6, 6.07) is 0. The van der Waals surface area contributed by atoms with Gasteiger partial charge in [-0.05, 0) is 6.08 Å². The molecule has 1 fully saturated rings. The molecule has 0 saturated carbocycles. The Morgan fingerprint density at radius 3 is 3.05 bits per heavy atom. The lowest BCUT2D eigenvalue weighted by Crippen LogP contribution is -2.50. The van der Waals surface area contributed by atoms with Crippen molar-refractivity contribution >= 4 is 29.9 Å². The van der Waals surface area contributed by atoms with Crippen LogP contribution in [0, 0.1) is 0 Å². The number of rotatable bonds is 2. The lowest BCUT2D eigenvalue weighted by atomic mass is 10.1. The second-order valence-electron chi connectivity index (χ2n) is 3.86. The number of hydrogen-bond acceptors (Lipinski definition) is 6. The Morgan fingerprint density at radius 2 is 2.42 bits per heavy atom. The zero-order valence-corrected chi connectivity index (χ0v) is 10.5. The number of hydrogen-bond donors (Lipinski definition) is 1. The van der Waals surface area contributed by atoms with Gasteiger partial charge < -0.3 is 9.84 Å². The minimum atomic E-state index is -1.44. The highest BCUT2D eigenvalue weighted by molar-refractivity contribution is 8.03. The van der Waals surface area contributed by atoms with E-state index in [2.05, 4.69) is 14.8 Å². The SMILES string of the molecule is Cn1cnc(/C=C2/C(=O)N3C(OC(=O)O)=CS[C@@H]23)n1. The second-order valence-corrected chi connectivity index (χ2v) is 4.82. The summed E-state index contributed by atoms with van der Waals surface area (Å²) in [6.45, 7) is 0. The quantitative estimate of drug-likeness (QED) is 0.481. The van der Waals surface area contributed by atoms with Crippen LogP contribution in [0.5, 0.6) is 0 Å². The average molecular weight is 280 g/mol. The first kappa shape index (κ1) is 11.8. The Kier molecular flexibility index (Phi) is 2.56. The summed E-state index contributed by atoms with van der Waals surface area (Å²) < 4.78 is 6.05. The van der Waals surface area contributed by atoms with Gasteiger partial charge in [-0.15, -0.1) is 0 Å². The Balaban J connectivity index is 1.79. The lowest BCUT2D eigenvalue weighted by Gasteiger charge is -2.36. The summed E-state index contributed by atoms with van der Waals surface area (Å²) in [6.07, 6.45) is 1.68. The first-order valence-corrected chi connectivity index (χ1v) is 6.18. The third-order valence-corrected chi connectivity index (χ3v) is 3.66. The molecule has 3 heterocycles. The highest BCUT2D eigenvalue weighted by Gasteiger charge is 2.49. The number of thioether (sulfide) groups is 1. The first-order chi connectivity index (χ1) is 9.06. The summed E-state index contributed by atoms with van der Waals surface area (Å²) in [5.41, 5.74) is 0.524. The molecule has 8 nitrogen and oxygen atoms in total. The van der Waals surface area contributed by atoms with Crippen LogP contribution in [-0.4, -0.2) is 42.2 Å². The minimum Gasteiger partial charge on any atom is -0.449 e. The summed E-state index contributed by atoms with van der Waals surface area (Å²) in [4.78, 5) is 27.7. The fourth-order valence-corrected chi connectivity index (χ4v) is 2.85. The van der Waals surface area contributed by atoms with E-state index in [1.807, 2.05) is 0 Å². The predicted octanol–water partition coefficient (Wildman–Crippen LogP) is 0.607. The molecule has 1 amide bonds. The maximum Gasteiger partial charge on any atom is 0.512 e. The number of ether oxygens (including phenoxy) is 1. The van der Waals surface area contributed by atoms with E-state index >= 15 is 0 Å². The van der Waals surface area contributed by atoms with Crippen molar-refractivity contribution in [3.63, 3.8) is 0 Å². The second kappa shape index (κ2) is 4.12. The molecule has 19 heavy (non-hydrogen) atoms. The number of aryl methyl sites for hydroxylation is 1. The number of carbonyl (C=O) groups excluding carboxylic acids is 1. The summed E-state index contributed by atoms with van der Waals surface area (Å²) in [5, 5.41) is 13.8. The van der Waals surface area contributed by atoms with Gasteiger partial charge in [-0.3, -0.25) is 14.4 Å².